The van der Waals surface area contributed by atoms with Crippen LogP contribution < -0.4 is 24.3 Å². The van der Waals surface area contributed by atoms with Gasteiger partial charge in [0.1, 0.15) is 35.7 Å². The highest BCUT2D eigenvalue weighted by Gasteiger charge is 2.78. The second kappa shape index (κ2) is 8.15. The number of hydrogen-bond donors (Lipinski definition) is 2. The van der Waals surface area contributed by atoms with Crippen LogP contribution in [0.3, 0.4) is 0 Å². The molecule has 0 spiro atoms. The minimum Gasteiger partial charge on any atom is -0.497 e. The molecule has 1 saturated carbocycles. The summed E-state index contributed by atoms with van der Waals surface area (Å²) in [5, 5.41) is 16.0. The number of morpholine rings is 1. The molecule has 36 heavy (non-hydrogen) atoms. The SMILES string of the molecule is COc1ccc([C@@]23Oc4cc(OC)cc(OC)c4[C@]2(O)[C@@H]2OCC(=O)N[C@@H]2[C@H]3c2ccccc2)cc1. The number of amides is 1. The van der Waals surface area contributed by atoms with Crippen molar-refractivity contribution >= 4 is 5.91 Å². The summed E-state index contributed by atoms with van der Waals surface area (Å²) in [5.41, 5.74) is -1.01. The zero-order valence-corrected chi connectivity index (χ0v) is 20.2. The summed E-state index contributed by atoms with van der Waals surface area (Å²) < 4.78 is 29.6. The van der Waals surface area contributed by atoms with Gasteiger partial charge in [-0.2, -0.15) is 0 Å². The van der Waals surface area contributed by atoms with E-state index in [0.29, 0.717) is 34.1 Å². The number of aliphatic hydroxyl groups is 1. The van der Waals surface area contributed by atoms with Crippen molar-refractivity contribution in [1.29, 1.82) is 0 Å². The standard InChI is InChI=1S/C28H27NO7/c1-32-18-11-9-17(10-12-18)28-23(16-7-5-4-6-8-16)25-26(35-15-22(30)29-25)27(28,31)24-20(34-3)13-19(33-2)14-21(24)36-28/h4-14,23,25-26,31H,15H2,1-3H3,(H,29,30)/t23-,25-,26-,27+,28+/m1/s1. The molecule has 186 valence electrons. The number of hydrogen-bond acceptors (Lipinski definition) is 7. The Morgan fingerprint density at radius 1 is 0.944 bits per heavy atom. The lowest BCUT2D eigenvalue weighted by molar-refractivity contribution is -0.177. The van der Waals surface area contributed by atoms with Crippen LogP contribution in [0.15, 0.2) is 66.7 Å². The summed E-state index contributed by atoms with van der Waals surface area (Å²) in [6, 6.07) is 20.1. The van der Waals surface area contributed by atoms with E-state index in [4.69, 9.17) is 23.7 Å². The number of fused-ring (bicyclic) bond motifs is 5. The summed E-state index contributed by atoms with van der Waals surface area (Å²) in [7, 11) is 4.70. The molecule has 2 fully saturated rings. The second-order valence-corrected chi connectivity index (χ2v) is 9.25. The van der Waals surface area contributed by atoms with E-state index in [2.05, 4.69) is 5.32 Å². The molecular formula is C28H27NO7. The van der Waals surface area contributed by atoms with Crippen LogP contribution in [0.25, 0.3) is 0 Å². The van der Waals surface area contributed by atoms with Gasteiger partial charge >= 0.3 is 0 Å². The molecule has 2 aliphatic heterocycles. The fourth-order valence-corrected chi connectivity index (χ4v) is 6.26. The van der Waals surface area contributed by atoms with Crippen molar-refractivity contribution in [2.45, 2.75) is 29.3 Å². The number of nitrogens with one attached hydrogen (secondary N) is 1. The summed E-state index contributed by atoms with van der Waals surface area (Å²) in [5.74, 6) is 1.30. The molecule has 3 aromatic carbocycles. The van der Waals surface area contributed by atoms with Crippen molar-refractivity contribution in [2.24, 2.45) is 0 Å². The van der Waals surface area contributed by atoms with Crippen molar-refractivity contribution in [3.05, 3.63) is 83.4 Å². The van der Waals surface area contributed by atoms with Crippen LogP contribution in [0.4, 0.5) is 0 Å². The molecule has 6 rings (SSSR count). The van der Waals surface area contributed by atoms with Gasteiger partial charge in [0, 0.05) is 12.1 Å². The zero-order valence-electron chi connectivity index (χ0n) is 20.2. The highest BCUT2D eigenvalue weighted by molar-refractivity contribution is 5.79. The molecule has 8 heteroatoms. The van der Waals surface area contributed by atoms with Gasteiger partial charge in [0.2, 0.25) is 5.91 Å². The maximum atomic E-state index is 12.9. The average Bonchev–Trinajstić information content (AvgIpc) is 3.30. The number of ether oxygens (including phenoxy) is 5. The topological polar surface area (TPSA) is 95.5 Å². The average molecular weight is 490 g/mol. The van der Waals surface area contributed by atoms with Crippen LogP contribution in [0.5, 0.6) is 23.0 Å². The molecule has 1 saturated heterocycles. The van der Waals surface area contributed by atoms with Gasteiger partial charge in [0.05, 0.1) is 38.9 Å². The smallest absolute Gasteiger partial charge is 0.246 e. The molecule has 0 unspecified atom stereocenters. The van der Waals surface area contributed by atoms with Gasteiger partial charge in [-0.05, 0) is 23.3 Å². The van der Waals surface area contributed by atoms with Gasteiger partial charge in [-0.15, -0.1) is 0 Å². The lowest BCUT2D eigenvalue weighted by Gasteiger charge is -2.41. The minimum absolute atomic E-state index is 0.169. The number of carbonyl (C=O) groups excluding carboxylic acids is 1. The lowest BCUT2D eigenvalue weighted by Crippen LogP contribution is -2.56. The summed E-state index contributed by atoms with van der Waals surface area (Å²) >= 11 is 0. The predicted molar refractivity (Wildman–Crippen MR) is 130 cm³/mol. The van der Waals surface area contributed by atoms with Crippen LogP contribution in [-0.4, -0.2) is 51.1 Å². The molecule has 0 bridgehead atoms. The Kier molecular flexibility index (Phi) is 5.14. The highest BCUT2D eigenvalue weighted by Crippen LogP contribution is 2.69. The first-order valence-corrected chi connectivity index (χ1v) is 11.8. The Bertz CT molecular complexity index is 1310. The molecule has 2 heterocycles. The van der Waals surface area contributed by atoms with E-state index in [-0.39, 0.29) is 12.5 Å². The molecule has 1 aliphatic carbocycles. The van der Waals surface area contributed by atoms with Crippen LogP contribution >= 0.6 is 0 Å². The largest absolute Gasteiger partial charge is 0.497 e. The van der Waals surface area contributed by atoms with Crippen molar-refractivity contribution in [3.8, 4) is 23.0 Å². The highest BCUT2D eigenvalue weighted by atomic mass is 16.6. The van der Waals surface area contributed by atoms with Crippen LogP contribution in [0, 0.1) is 0 Å². The van der Waals surface area contributed by atoms with E-state index in [0.717, 1.165) is 5.56 Å². The molecule has 5 atom stereocenters. The van der Waals surface area contributed by atoms with Crippen molar-refractivity contribution in [2.75, 3.05) is 27.9 Å². The van der Waals surface area contributed by atoms with Crippen molar-refractivity contribution in [1.82, 2.24) is 5.32 Å². The van der Waals surface area contributed by atoms with Gasteiger partial charge in [-0.1, -0.05) is 42.5 Å². The number of methoxy groups -OCH3 is 3. The van der Waals surface area contributed by atoms with E-state index in [9.17, 15) is 9.90 Å². The molecule has 0 radical (unpaired) electrons. The van der Waals surface area contributed by atoms with E-state index >= 15 is 0 Å². The van der Waals surface area contributed by atoms with Crippen LogP contribution in [-0.2, 0) is 20.7 Å². The normalized spacial score (nSPS) is 29.9. The number of benzene rings is 3. The monoisotopic (exact) mass is 489 g/mol. The van der Waals surface area contributed by atoms with Gasteiger partial charge in [-0.3, -0.25) is 4.79 Å². The fourth-order valence-electron chi connectivity index (χ4n) is 6.26. The first-order chi connectivity index (χ1) is 17.5. The molecule has 3 aromatic rings. The first kappa shape index (κ1) is 22.7. The lowest BCUT2D eigenvalue weighted by atomic mass is 9.71. The van der Waals surface area contributed by atoms with Gasteiger partial charge in [-0.25, -0.2) is 0 Å². The van der Waals surface area contributed by atoms with Crippen LogP contribution in [0.1, 0.15) is 22.6 Å². The minimum atomic E-state index is -1.71. The summed E-state index contributed by atoms with van der Waals surface area (Å²) in [4.78, 5) is 12.6. The van der Waals surface area contributed by atoms with Gasteiger partial charge in [0.25, 0.3) is 0 Å². The maximum Gasteiger partial charge on any atom is 0.246 e. The third-order valence-corrected chi connectivity index (χ3v) is 7.65. The second-order valence-electron chi connectivity index (χ2n) is 9.25. The first-order valence-electron chi connectivity index (χ1n) is 11.8. The molecule has 2 N–H and O–H groups in total. The van der Waals surface area contributed by atoms with Gasteiger partial charge < -0.3 is 34.1 Å². The molecule has 3 aliphatic rings. The van der Waals surface area contributed by atoms with Crippen LogP contribution in [0.2, 0.25) is 0 Å². The molecule has 0 aromatic heterocycles. The molecule has 1 amide bonds. The summed E-state index contributed by atoms with van der Waals surface area (Å²) in [6.07, 6.45) is -0.814. The maximum absolute atomic E-state index is 12.9. The zero-order chi connectivity index (χ0) is 25.1. The van der Waals surface area contributed by atoms with Gasteiger partial charge in [0.15, 0.2) is 11.2 Å². The van der Waals surface area contributed by atoms with E-state index in [1.54, 1.807) is 26.4 Å². The predicted octanol–water partition coefficient (Wildman–Crippen LogP) is 2.87. The Labute approximate surface area is 208 Å². The molecular weight excluding hydrogens is 462 g/mol. The van der Waals surface area contributed by atoms with Crippen molar-refractivity contribution in [3.63, 3.8) is 0 Å². The summed E-state index contributed by atoms with van der Waals surface area (Å²) in [6.45, 7) is -0.169. The molecule has 8 nitrogen and oxygen atoms in total. The number of rotatable bonds is 5. The van der Waals surface area contributed by atoms with E-state index in [1.165, 1.54) is 7.11 Å². The van der Waals surface area contributed by atoms with Crippen molar-refractivity contribution < 1.29 is 33.6 Å². The third-order valence-electron chi connectivity index (χ3n) is 7.65. The number of carbonyl (C=O) groups is 1. The van der Waals surface area contributed by atoms with E-state index < -0.39 is 29.3 Å². The van der Waals surface area contributed by atoms with E-state index in [1.807, 2.05) is 54.6 Å². The fraction of sp³-hybridized carbons (Fsp3) is 0.321. The Morgan fingerprint density at radius 3 is 2.33 bits per heavy atom. The Morgan fingerprint density at radius 2 is 1.67 bits per heavy atom. The Hall–Kier alpha value is -3.75. The Balaban J connectivity index is 1.69. The quantitative estimate of drug-likeness (QED) is 0.569. The third kappa shape index (κ3) is 2.85.